The molecule has 1 aromatic carbocycles. The van der Waals surface area contributed by atoms with Gasteiger partial charge in [-0.15, -0.1) is 0 Å². The van der Waals surface area contributed by atoms with Crippen molar-refractivity contribution in [3.8, 4) is 0 Å². The summed E-state index contributed by atoms with van der Waals surface area (Å²) in [6.45, 7) is 0.258. The molecule has 0 saturated heterocycles. The summed E-state index contributed by atoms with van der Waals surface area (Å²) in [6, 6.07) is 7.88. The zero-order valence-corrected chi connectivity index (χ0v) is 10.4. The molecule has 3 N–H and O–H groups in total. The Morgan fingerprint density at radius 2 is 2.18 bits per heavy atom. The fourth-order valence-corrected chi connectivity index (χ4v) is 2.65. The molecule has 2 rings (SSSR count). The van der Waals surface area contributed by atoms with Crippen LogP contribution in [0.15, 0.2) is 30.5 Å². The first-order valence-electron chi connectivity index (χ1n) is 5.63. The maximum atomic E-state index is 8.73. The Bertz CT molecular complexity index is 502. The number of nitrogens with zero attached hydrogens (tertiary/aromatic N) is 1. The van der Waals surface area contributed by atoms with Crippen LogP contribution in [0.3, 0.4) is 0 Å². The Morgan fingerprint density at radius 1 is 1.29 bits per heavy atom. The zero-order chi connectivity index (χ0) is 12.1. The van der Waals surface area contributed by atoms with Gasteiger partial charge in [-0.1, -0.05) is 6.07 Å². The molecule has 90 valence electrons. The van der Waals surface area contributed by atoms with Gasteiger partial charge in [-0.3, -0.25) is 4.98 Å². The second-order valence-electron chi connectivity index (χ2n) is 3.84. The molecule has 1 heterocycles. The van der Waals surface area contributed by atoms with Crippen molar-refractivity contribution in [1.29, 1.82) is 0 Å². The van der Waals surface area contributed by atoms with Crippen molar-refractivity contribution >= 4 is 28.4 Å². The van der Waals surface area contributed by atoms with Gasteiger partial charge < -0.3 is 10.8 Å². The fraction of sp³-hybridized carbons (Fsp3) is 0.308. The van der Waals surface area contributed by atoms with Crippen molar-refractivity contribution in [3.63, 3.8) is 0 Å². The van der Waals surface area contributed by atoms with E-state index < -0.39 is 0 Å². The van der Waals surface area contributed by atoms with E-state index in [1.807, 2.05) is 36.0 Å². The van der Waals surface area contributed by atoms with Crippen LogP contribution in [-0.2, 0) is 5.75 Å². The van der Waals surface area contributed by atoms with Gasteiger partial charge in [0.2, 0.25) is 0 Å². The van der Waals surface area contributed by atoms with Gasteiger partial charge in [-0.2, -0.15) is 11.8 Å². The first kappa shape index (κ1) is 12.2. The predicted octanol–water partition coefficient (Wildman–Crippen LogP) is 2.43. The molecule has 0 aliphatic carbocycles. The van der Waals surface area contributed by atoms with Crippen molar-refractivity contribution in [3.05, 3.63) is 36.0 Å². The number of fused-ring (bicyclic) bond motifs is 1. The number of rotatable bonds is 5. The van der Waals surface area contributed by atoms with E-state index in [1.54, 1.807) is 6.20 Å². The quantitative estimate of drug-likeness (QED) is 0.630. The number of hydrogen-bond donors (Lipinski definition) is 2. The molecule has 0 spiro atoms. The summed E-state index contributed by atoms with van der Waals surface area (Å²) in [5.41, 5.74) is 8.89. The molecule has 0 radical (unpaired) electrons. The molecule has 17 heavy (non-hydrogen) atoms. The summed E-state index contributed by atoms with van der Waals surface area (Å²) in [6.07, 6.45) is 2.63. The summed E-state index contributed by atoms with van der Waals surface area (Å²) >= 11 is 1.81. The van der Waals surface area contributed by atoms with E-state index >= 15 is 0 Å². The summed E-state index contributed by atoms with van der Waals surface area (Å²) < 4.78 is 0. The Kier molecular flexibility index (Phi) is 4.23. The van der Waals surface area contributed by atoms with Crippen LogP contribution in [-0.4, -0.2) is 22.5 Å². The van der Waals surface area contributed by atoms with E-state index in [9.17, 15) is 0 Å². The average Bonchev–Trinajstić information content (AvgIpc) is 2.37. The predicted molar refractivity (Wildman–Crippen MR) is 74.0 cm³/mol. The van der Waals surface area contributed by atoms with Gasteiger partial charge in [0.05, 0.1) is 5.52 Å². The molecule has 4 heteroatoms. The topological polar surface area (TPSA) is 59.1 Å². The number of hydrogen-bond acceptors (Lipinski definition) is 4. The van der Waals surface area contributed by atoms with Gasteiger partial charge >= 0.3 is 0 Å². The van der Waals surface area contributed by atoms with Crippen LogP contribution in [0.2, 0.25) is 0 Å². The monoisotopic (exact) mass is 248 g/mol. The molecular weight excluding hydrogens is 232 g/mol. The summed E-state index contributed by atoms with van der Waals surface area (Å²) in [5.74, 6) is 1.88. The van der Waals surface area contributed by atoms with Crippen molar-refractivity contribution in [1.82, 2.24) is 4.98 Å². The molecule has 0 atom stereocenters. The van der Waals surface area contributed by atoms with Gasteiger partial charge in [-0.25, -0.2) is 0 Å². The second kappa shape index (κ2) is 5.89. The minimum Gasteiger partial charge on any atom is -0.398 e. The molecule has 2 aromatic rings. The smallest absolute Gasteiger partial charge is 0.0763 e. The molecule has 0 aliphatic heterocycles. The molecule has 0 aliphatic rings. The second-order valence-corrected chi connectivity index (χ2v) is 4.95. The van der Waals surface area contributed by atoms with Gasteiger partial charge in [0, 0.05) is 29.6 Å². The number of anilines is 1. The highest BCUT2D eigenvalue weighted by Gasteiger charge is 2.04. The van der Waals surface area contributed by atoms with Crippen LogP contribution >= 0.6 is 11.8 Å². The molecule has 0 unspecified atom stereocenters. The van der Waals surface area contributed by atoms with E-state index in [2.05, 4.69) is 4.98 Å². The third-order valence-corrected chi connectivity index (χ3v) is 3.68. The average molecular weight is 248 g/mol. The van der Waals surface area contributed by atoms with Crippen molar-refractivity contribution < 1.29 is 5.11 Å². The van der Waals surface area contributed by atoms with E-state index in [0.717, 1.165) is 34.5 Å². The van der Waals surface area contributed by atoms with Gasteiger partial charge in [-0.05, 0) is 35.9 Å². The summed E-state index contributed by atoms with van der Waals surface area (Å²) in [5, 5.41) is 9.75. The first-order valence-corrected chi connectivity index (χ1v) is 6.79. The lowest BCUT2D eigenvalue weighted by atomic mass is 10.1. The lowest BCUT2D eigenvalue weighted by molar-refractivity contribution is 0.296. The van der Waals surface area contributed by atoms with E-state index in [1.165, 1.54) is 5.56 Å². The number of pyridine rings is 1. The van der Waals surface area contributed by atoms with Gasteiger partial charge in [0.1, 0.15) is 0 Å². The standard InChI is InChI=1S/C13H16N2OS/c14-12-5-4-10(9-17-8-2-7-16)13-11(12)3-1-6-15-13/h1,3-6,16H,2,7-9,14H2. The maximum absolute atomic E-state index is 8.73. The van der Waals surface area contributed by atoms with Crippen LogP contribution in [0.1, 0.15) is 12.0 Å². The van der Waals surface area contributed by atoms with Crippen molar-refractivity contribution in [2.75, 3.05) is 18.1 Å². The Balaban J connectivity index is 2.20. The fourth-order valence-electron chi connectivity index (χ4n) is 1.72. The van der Waals surface area contributed by atoms with Crippen LogP contribution in [0.4, 0.5) is 5.69 Å². The Morgan fingerprint density at radius 3 is 3.00 bits per heavy atom. The van der Waals surface area contributed by atoms with Crippen LogP contribution in [0, 0.1) is 0 Å². The summed E-state index contributed by atoms with van der Waals surface area (Å²) in [7, 11) is 0. The molecule has 0 saturated carbocycles. The Hall–Kier alpha value is -1.26. The molecule has 0 bridgehead atoms. The van der Waals surface area contributed by atoms with E-state index in [0.29, 0.717) is 0 Å². The number of aliphatic hydroxyl groups excluding tert-OH is 1. The lowest BCUT2D eigenvalue weighted by Gasteiger charge is -2.07. The van der Waals surface area contributed by atoms with Crippen molar-refractivity contribution in [2.45, 2.75) is 12.2 Å². The number of aromatic nitrogens is 1. The SMILES string of the molecule is Nc1ccc(CSCCCO)c2ncccc12. The highest BCUT2D eigenvalue weighted by Crippen LogP contribution is 2.25. The largest absolute Gasteiger partial charge is 0.398 e. The maximum Gasteiger partial charge on any atom is 0.0763 e. The van der Waals surface area contributed by atoms with Crippen molar-refractivity contribution in [2.24, 2.45) is 0 Å². The first-order chi connectivity index (χ1) is 8.33. The Labute approximate surface area is 105 Å². The van der Waals surface area contributed by atoms with E-state index in [4.69, 9.17) is 10.8 Å². The summed E-state index contributed by atoms with van der Waals surface area (Å²) in [4.78, 5) is 4.40. The number of nitrogens with two attached hydrogens (primary N) is 1. The highest BCUT2D eigenvalue weighted by atomic mass is 32.2. The normalized spacial score (nSPS) is 10.9. The number of thioether (sulfide) groups is 1. The van der Waals surface area contributed by atoms with Crippen LogP contribution < -0.4 is 5.73 Å². The molecular formula is C13H16N2OS. The van der Waals surface area contributed by atoms with E-state index in [-0.39, 0.29) is 6.61 Å². The highest BCUT2D eigenvalue weighted by molar-refractivity contribution is 7.98. The number of aliphatic hydroxyl groups is 1. The third kappa shape index (κ3) is 2.90. The molecule has 1 aromatic heterocycles. The zero-order valence-electron chi connectivity index (χ0n) is 9.60. The number of nitrogen functional groups attached to an aromatic ring is 1. The third-order valence-electron chi connectivity index (χ3n) is 2.59. The molecule has 0 fully saturated rings. The minimum absolute atomic E-state index is 0.258. The van der Waals surface area contributed by atoms with Gasteiger partial charge in [0.15, 0.2) is 0 Å². The molecule has 0 amide bonds. The minimum atomic E-state index is 0.258. The van der Waals surface area contributed by atoms with Crippen LogP contribution in [0.5, 0.6) is 0 Å². The van der Waals surface area contributed by atoms with Gasteiger partial charge in [0.25, 0.3) is 0 Å². The molecule has 3 nitrogen and oxygen atoms in total. The number of benzene rings is 1. The van der Waals surface area contributed by atoms with Crippen LogP contribution in [0.25, 0.3) is 10.9 Å². The lowest BCUT2D eigenvalue weighted by Crippen LogP contribution is -1.93.